The van der Waals surface area contributed by atoms with Gasteiger partial charge in [0.05, 0.1) is 0 Å². The molecule has 132 valence electrons. The van der Waals surface area contributed by atoms with Gasteiger partial charge < -0.3 is 9.22 Å². The third-order valence-electron chi connectivity index (χ3n) is 5.58. The van der Waals surface area contributed by atoms with Crippen molar-refractivity contribution in [2.75, 3.05) is 6.61 Å². The van der Waals surface area contributed by atoms with Crippen molar-refractivity contribution < 1.29 is 9.22 Å². The van der Waals surface area contributed by atoms with Crippen molar-refractivity contribution in [2.24, 2.45) is 11.8 Å². The molecule has 0 bridgehead atoms. The van der Waals surface area contributed by atoms with Gasteiger partial charge in [0.15, 0.2) is 0 Å². The van der Waals surface area contributed by atoms with E-state index in [4.69, 9.17) is 4.43 Å². The molecule has 2 aromatic carbocycles. The molecule has 0 heterocycles. The van der Waals surface area contributed by atoms with Crippen LogP contribution in [0, 0.1) is 11.8 Å². The Morgan fingerprint density at radius 3 is 1.84 bits per heavy atom. The fraction of sp³-hybridized carbons (Fsp3) is 0.409. The Morgan fingerprint density at radius 1 is 0.960 bits per heavy atom. The van der Waals surface area contributed by atoms with Crippen molar-refractivity contribution in [2.45, 2.75) is 38.7 Å². The quantitative estimate of drug-likeness (QED) is 0.584. The summed E-state index contributed by atoms with van der Waals surface area (Å²) in [6.45, 7) is 7.54. The summed E-state index contributed by atoms with van der Waals surface area (Å²) in [5.41, 5.74) is 0. The van der Waals surface area contributed by atoms with Crippen molar-refractivity contribution in [3.05, 3.63) is 60.7 Å². The summed E-state index contributed by atoms with van der Waals surface area (Å²) in [5, 5.41) is 2.60. The summed E-state index contributed by atoms with van der Waals surface area (Å²) < 4.78 is 6.88. The third-order valence-corrected chi connectivity index (χ3v) is 10.6. The lowest BCUT2D eigenvalue weighted by atomic mass is 9.75. The molecule has 1 aliphatic carbocycles. The number of benzene rings is 2. The molecule has 1 saturated carbocycles. The molecule has 0 radical (unpaired) electrons. The zero-order valence-corrected chi connectivity index (χ0v) is 16.4. The summed E-state index contributed by atoms with van der Waals surface area (Å²) >= 11 is 0. The van der Waals surface area contributed by atoms with Crippen molar-refractivity contribution in [1.29, 1.82) is 0 Å². The summed E-state index contributed by atoms with van der Waals surface area (Å²) in [6, 6.07) is 21.4. The summed E-state index contributed by atoms with van der Waals surface area (Å²) in [5.74, 6) is 0.553. The molecule has 3 heteroatoms. The normalized spacial score (nSPS) is 20.8. The van der Waals surface area contributed by atoms with Gasteiger partial charge >= 0.3 is 0 Å². The molecule has 1 unspecified atom stereocenters. The second-order valence-electron chi connectivity index (χ2n) is 8.11. The summed E-state index contributed by atoms with van der Waals surface area (Å²) in [7, 11) is -2.45. The van der Waals surface area contributed by atoms with E-state index < -0.39 is 8.32 Å². The molecule has 3 rings (SSSR count). The highest BCUT2D eigenvalue weighted by molar-refractivity contribution is 6.99. The highest BCUT2D eigenvalue weighted by Gasteiger charge is 2.50. The lowest BCUT2D eigenvalue weighted by molar-refractivity contribution is -0.116. The van der Waals surface area contributed by atoms with E-state index in [9.17, 15) is 4.79 Å². The third kappa shape index (κ3) is 3.36. The highest BCUT2D eigenvalue weighted by atomic mass is 28.4. The first-order valence-corrected chi connectivity index (χ1v) is 11.1. The first-order chi connectivity index (χ1) is 12.0. The number of carbonyl (C=O) groups is 1. The van der Waals surface area contributed by atoms with Gasteiger partial charge in [0, 0.05) is 12.5 Å². The Bertz CT molecular complexity index is 651. The number of aldehydes is 1. The van der Waals surface area contributed by atoms with E-state index in [0.717, 1.165) is 19.1 Å². The molecule has 1 fully saturated rings. The monoisotopic (exact) mass is 352 g/mol. The van der Waals surface area contributed by atoms with Crippen LogP contribution in [-0.4, -0.2) is 21.2 Å². The van der Waals surface area contributed by atoms with Gasteiger partial charge in [-0.2, -0.15) is 0 Å². The lowest BCUT2D eigenvalue weighted by Gasteiger charge is -2.45. The summed E-state index contributed by atoms with van der Waals surface area (Å²) in [4.78, 5) is 11.2. The molecule has 1 aliphatic rings. The van der Waals surface area contributed by atoms with Crippen molar-refractivity contribution >= 4 is 25.0 Å². The smallest absolute Gasteiger partial charge is 0.261 e. The fourth-order valence-corrected chi connectivity index (χ4v) is 8.59. The Morgan fingerprint density at radius 2 is 1.48 bits per heavy atom. The maximum atomic E-state index is 11.2. The van der Waals surface area contributed by atoms with Crippen molar-refractivity contribution in [3.8, 4) is 0 Å². The van der Waals surface area contributed by atoms with E-state index in [1.807, 2.05) is 0 Å². The summed E-state index contributed by atoms with van der Waals surface area (Å²) in [6.07, 6.45) is 3.22. The average Bonchev–Trinajstić information content (AvgIpc) is 2.58. The maximum absolute atomic E-state index is 11.2. The Kier molecular flexibility index (Phi) is 5.26. The molecule has 0 spiro atoms. The van der Waals surface area contributed by atoms with Crippen LogP contribution >= 0.6 is 0 Å². The predicted octanol–water partition coefficient (Wildman–Crippen LogP) is 3.79. The van der Waals surface area contributed by atoms with Crippen LogP contribution < -0.4 is 10.4 Å². The SMILES string of the molecule is CC(C)(C)[Si](OCC1CC[C@@H]1C=O)(c1ccccc1)c1ccccc1. The number of rotatable bonds is 6. The van der Waals surface area contributed by atoms with Gasteiger partial charge in [-0.3, -0.25) is 0 Å². The molecule has 0 N–H and O–H groups in total. The minimum atomic E-state index is -2.45. The molecule has 0 aliphatic heterocycles. The minimum absolute atomic E-state index is 0.00384. The molecule has 0 aromatic heterocycles. The Hall–Kier alpha value is -1.71. The molecular weight excluding hydrogens is 324 g/mol. The van der Waals surface area contributed by atoms with E-state index in [1.165, 1.54) is 10.4 Å². The van der Waals surface area contributed by atoms with Crippen LogP contribution in [0.3, 0.4) is 0 Å². The van der Waals surface area contributed by atoms with E-state index in [1.54, 1.807) is 0 Å². The number of hydrogen-bond donors (Lipinski definition) is 0. The minimum Gasteiger partial charge on any atom is -0.407 e. The van der Waals surface area contributed by atoms with Gasteiger partial charge in [-0.25, -0.2) is 0 Å². The zero-order chi connectivity index (χ0) is 17.9. The number of carbonyl (C=O) groups excluding carboxylic acids is 1. The van der Waals surface area contributed by atoms with Gasteiger partial charge in [-0.15, -0.1) is 0 Å². The average molecular weight is 353 g/mol. The van der Waals surface area contributed by atoms with Gasteiger partial charge in [0.2, 0.25) is 0 Å². The molecule has 2 atom stereocenters. The molecule has 2 aromatic rings. The van der Waals surface area contributed by atoms with E-state index in [-0.39, 0.29) is 11.0 Å². The van der Waals surface area contributed by atoms with E-state index in [0.29, 0.717) is 12.5 Å². The first-order valence-electron chi connectivity index (χ1n) is 9.19. The first kappa shape index (κ1) is 18.1. The topological polar surface area (TPSA) is 26.3 Å². The van der Waals surface area contributed by atoms with Gasteiger partial charge in [-0.05, 0) is 34.2 Å². The highest BCUT2D eigenvalue weighted by Crippen LogP contribution is 2.39. The van der Waals surface area contributed by atoms with Crippen LogP contribution in [0.15, 0.2) is 60.7 Å². The van der Waals surface area contributed by atoms with Crippen LogP contribution in [0.1, 0.15) is 33.6 Å². The Labute approximate surface area is 152 Å². The molecule has 0 saturated heterocycles. The lowest BCUT2D eigenvalue weighted by Crippen LogP contribution is -2.67. The molecule has 25 heavy (non-hydrogen) atoms. The van der Waals surface area contributed by atoms with Crippen molar-refractivity contribution in [1.82, 2.24) is 0 Å². The van der Waals surface area contributed by atoms with Gasteiger partial charge in [0.25, 0.3) is 8.32 Å². The van der Waals surface area contributed by atoms with Crippen LogP contribution in [0.25, 0.3) is 0 Å². The molecular formula is C22H28O2Si. The second-order valence-corrected chi connectivity index (χ2v) is 12.4. The van der Waals surface area contributed by atoms with Crippen LogP contribution in [0.4, 0.5) is 0 Å². The second kappa shape index (κ2) is 7.26. The number of hydrogen-bond acceptors (Lipinski definition) is 2. The standard InChI is InChI=1S/C22H28O2Si/c1-22(2,3)25(20-10-6-4-7-11-20,21-12-8-5-9-13-21)24-17-19-15-14-18(19)16-23/h4-13,16,18-19H,14-15,17H2,1-3H3/t18-,19?/m1/s1. The van der Waals surface area contributed by atoms with Gasteiger partial charge in [0.1, 0.15) is 6.29 Å². The van der Waals surface area contributed by atoms with Crippen LogP contribution in [0.5, 0.6) is 0 Å². The molecule has 0 amide bonds. The largest absolute Gasteiger partial charge is 0.407 e. The van der Waals surface area contributed by atoms with Crippen molar-refractivity contribution in [3.63, 3.8) is 0 Å². The van der Waals surface area contributed by atoms with E-state index >= 15 is 0 Å². The van der Waals surface area contributed by atoms with E-state index in [2.05, 4.69) is 81.4 Å². The van der Waals surface area contributed by atoms with Crippen LogP contribution in [-0.2, 0) is 9.22 Å². The molecule has 2 nitrogen and oxygen atoms in total. The maximum Gasteiger partial charge on any atom is 0.261 e. The van der Waals surface area contributed by atoms with Crippen LogP contribution in [0.2, 0.25) is 5.04 Å². The Balaban J connectivity index is 2.04. The fourth-order valence-electron chi connectivity index (χ4n) is 3.97. The van der Waals surface area contributed by atoms with Gasteiger partial charge in [-0.1, -0.05) is 81.4 Å². The predicted molar refractivity (Wildman–Crippen MR) is 106 cm³/mol. The zero-order valence-electron chi connectivity index (χ0n) is 15.4.